The molecule has 1 aliphatic heterocycles. The number of aromatic nitrogens is 4. The molecule has 1 fully saturated rings. The van der Waals surface area contributed by atoms with Gasteiger partial charge in [0.15, 0.2) is 5.82 Å². The van der Waals surface area contributed by atoms with Crippen LogP contribution in [0.25, 0.3) is 0 Å². The van der Waals surface area contributed by atoms with Crippen molar-refractivity contribution < 1.29 is 4.52 Å². The van der Waals surface area contributed by atoms with Crippen molar-refractivity contribution in [3.05, 3.63) is 59.5 Å². The van der Waals surface area contributed by atoms with E-state index < -0.39 is 0 Å². The van der Waals surface area contributed by atoms with Crippen LogP contribution < -0.4 is 4.90 Å². The highest BCUT2D eigenvalue weighted by Gasteiger charge is 2.29. The molecule has 1 aromatic carbocycles. The van der Waals surface area contributed by atoms with Crippen LogP contribution in [-0.4, -0.2) is 33.0 Å². The van der Waals surface area contributed by atoms with Crippen LogP contribution in [0.4, 0.5) is 5.69 Å². The molecule has 7 heteroatoms. The average Bonchev–Trinajstić information content (AvgIpc) is 3.29. The van der Waals surface area contributed by atoms with Crippen molar-refractivity contribution in [1.82, 2.24) is 19.9 Å². The number of halogens is 1. The van der Waals surface area contributed by atoms with Gasteiger partial charge in [0.2, 0.25) is 5.89 Å². The Hall–Kier alpha value is -2.34. The summed E-state index contributed by atoms with van der Waals surface area (Å²) in [4.78, 5) is 6.79. The monoisotopic (exact) mass is 329 g/mol. The van der Waals surface area contributed by atoms with Gasteiger partial charge in [0, 0.05) is 25.5 Å². The molecule has 0 amide bonds. The minimum atomic E-state index is 0.241. The van der Waals surface area contributed by atoms with Crippen molar-refractivity contribution >= 4 is 17.3 Å². The second-order valence-corrected chi connectivity index (χ2v) is 6.04. The van der Waals surface area contributed by atoms with E-state index in [4.69, 9.17) is 16.1 Å². The molecule has 0 spiro atoms. The highest BCUT2D eigenvalue weighted by atomic mass is 35.5. The average molecular weight is 330 g/mol. The molecule has 0 aliphatic carbocycles. The first kappa shape index (κ1) is 14.3. The van der Waals surface area contributed by atoms with Crippen LogP contribution in [0, 0.1) is 0 Å². The third kappa shape index (κ3) is 2.94. The Balaban J connectivity index is 1.46. The van der Waals surface area contributed by atoms with Gasteiger partial charge in [-0.1, -0.05) is 28.9 Å². The molecule has 23 heavy (non-hydrogen) atoms. The summed E-state index contributed by atoms with van der Waals surface area (Å²) in [6.45, 7) is 2.30. The van der Waals surface area contributed by atoms with Crippen LogP contribution in [0.2, 0.25) is 5.02 Å². The van der Waals surface area contributed by atoms with E-state index in [1.807, 2.05) is 36.5 Å². The number of anilines is 1. The lowest BCUT2D eigenvalue weighted by Gasteiger charge is -2.19. The molecule has 3 aromatic rings. The Morgan fingerprint density at radius 3 is 3.00 bits per heavy atom. The Labute approximate surface area is 138 Å². The first-order valence-electron chi connectivity index (χ1n) is 7.59. The Kier molecular flexibility index (Phi) is 3.75. The molecule has 2 aromatic heterocycles. The number of nitrogens with zero attached hydrogens (tertiary/aromatic N) is 5. The molecule has 1 atom stereocenters. The molecular formula is C16H16ClN5O. The van der Waals surface area contributed by atoms with Gasteiger partial charge in [-0.15, -0.1) is 0 Å². The highest BCUT2D eigenvalue weighted by molar-refractivity contribution is 6.33. The van der Waals surface area contributed by atoms with Gasteiger partial charge in [-0.25, -0.2) is 0 Å². The lowest BCUT2D eigenvalue weighted by Crippen LogP contribution is -2.19. The minimum absolute atomic E-state index is 0.241. The number of para-hydroxylation sites is 1. The molecule has 1 saturated heterocycles. The summed E-state index contributed by atoms with van der Waals surface area (Å²) in [5, 5.41) is 8.99. The van der Waals surface area contributed by atoms with E-state index in [1.54, 1.807) is 10.9 Å². The zero-order valence-corrected chi connectivity index (χ0v) is 13.2. The predicted molar refractivity (Wildman–Crippen MR) is 86.7 cm³/mol. The van der Waals surface area contributed by atoms with E-state index in [-0.39, 0.29) is 5.92 Å². The number of hydrogen-bond acceptors (Lipinski definition) is 5. The first-order chi connectivity index (χ1) is 11.3. The quantitative estimate of drug-likeness (QED) is 0.736. The van der Waals surface area contributed by atoms with Gasteiger partial charge in [0.05, 0.1) is 16.6 Å². The topological polar surface area (TPSA) is 60.0 Å². The third-order valence-corrected chi connectivity index (χ3v) is 4.40. The summed E-state index contributed by atoms with van der Waals surface area (Å²) >= 11 is 6.28. The molecule has 0 N–H and O–H groups in total. The smallest absolute Gasteiger partial charge is 0.231 e. The lowest BCUT2D eigenvalue weighted by molar-refractivity contribution is 0.354. The van der Waals surface area contributed by atoms with Crippen molar-refractivity contribution in [2.45, 2.75) is 18.9 Å². The molecule has 118 valence electrons. The second kappa shape index (κ2) is 6.04. The van der Waals surface area contributed by atoms with Crippen LogP contribution in [0.5, 0.6) is 0 Å². The fourth-order valence-corrected chi connectivity index (χ4v) is 3.18. The summed E-state index contributed by atoms with van der Waals surface area (Å²) in [6.07, 6.45) is 4.60. The number of rotatable bonds is 4. The second-order valence-electron chi connectivity index (χ2n) is 5.64. The summed E-state index contributed by atoms with van der Waals surface area (Å²) in [6, 6.07) is 9.78. The molecule has 3 heterocycles. The van der Waals surface area contributed by atoms with E-state index >= 15 is 0 Å². The van der Waals surface area contributed by atoms with Gasteiger partial charge in [-0.2, -0.15) is 10.1 Å². The summed E-state index contributed by atoms with van der Waals surface area (Å²) in [5.74, 6) is 1.59. The van der Waals surface area contributed by atoms with Crippen LogP contribution in [0.1, 0.15) is 24.1 Å². The predicted octanol–water partition coefficient (Wildman–Crippen LogP) is 2.96. The third-order valence-electron chi connectivity index (χ3n) is 4.08. The largest absolute Gasteiger partial charge is 0.370 e. The fraction of sp³-hybridized carbons (Fsp3) is 0.312. The van der Waals surface area contributed by atoms with E-state index in [2.05, 4.69) is 20.1 Å². The van der Waals surface area contributed by atoms with Crippen molar-refractivity contribution in [3.8, 4) is 0 Å². The summed E-state index contributed by atoms with van der Waals surface area (Å²) in [5.41, 5.74) is 1.06. The number of hydrogen-bond donors (Lipinski definition) is 0. The maximum atomic E-state index is 6.28. The van der Waals surface area contributed by atoms with Crippen molar-refractivity contribution in [1.29, 1.82) is 0 Å². The number of benzene rings is 1. The molecular weight excluding hydrogens is 314 g/mol. The SMILES string of the molecule is Clc1ccccc1N1CC[C@@H](c2nc(Cn3cccn3)no2)C1. The first-order valence-corrected chi connectivity index (χ1v) is 7.97. The van der Waals surface area contributed by atoms with Gasteiger partial charge >= 0.3 is 0 Å². The summed E-state index contributed by atoms with van der Waals surface area (Å²) in [7, 11) is 0. The Morgan fingerprint density at radius 1 is 1.26 bits per heavy atom. The molecule has 6 nitrogen and oxygen atoms in total. The fourth-order valence-electron chi connectivity index (χ4n) is 2.93. The lowest BCUT2D eigenvalue weighted by atomic mass is 10.1. The molecule has 0 radical (unpaired) electrons. The standard InChI is InChI=1S/C16H16ClN5O/c17-13-4-1-2-5-14(13)21-9-6-12(10-21)16-19-15(20-23-16)11-22-8-3-7-18-22/h1-5,7-8,12H,6,9-11H2/t12-/m1/s1. The molecule has 1 aliphatic rings. The van der Waals surface area contributed by atoms with Gasteiger partial charge in [-0.05, 0) is 24.6 Å². The van der Waals surface area contributed by atoms with Crippen LogP contribution in [0.15, 0.2) is 47.2 Å². The van der Waals surface area contributed by atoms with Crippen molar-refractivity contribution in [2.24, 2.45) is 0 Å². The Bertz CT molecular complexity index is 785. The van der Waals surface area contributed by atoms with E-state index in [1.165, 1.54) is 0 Å². The van der Waals surface area contributed by atoms with Gasteiger partial charge in [-0.3, -0.25) is 4.68 Å². The summed E-state index contributed by atoms with van der Waals surface area (Å²) < 4.78 is 7.23. The van der Waals surface area contributed by atoms with Gasteiger partial charge in [0.25, 0.3) is 0 Å². The normalized spacial score (nSPS) is 17.8. The Morgan fingerprint density at radius 2 is 2.17 bits per heavy atom. The van der Waals surface area contributed by atoms with Crippen LogP contribution in [0.3, 0.4) is 0 Å². The van der Waals surface area contributed by atoms with Crippen molar-refractivity contribution in [3.63, 3.8) is 0 Å². The van der Waals surface area contributed by atoms with Crippen LogP contribution >= 0.6 is 11.6 Å². The molecule has 4 rings (SSSR count). The van der Waals surface area contributed by atoms with Gasteiger partial charge < -0.3 is 9.42 Å². The van der Waals surface area contributed by atoms with E-state index in [0.717, 1.165) is 30.2 Å². The van der Waals surface area contributed by atoms with Gasteiger partial charge in [0.1, 0.15) is 6.54 Å². The molecule has 0 bridgehead atoms. The zero-order chi connectivity index (χ0) is 15.6. The molecule has 0 saturated carbocycles. The van der Waals surface area contributed by atoms with E-state index in [0.29, 0.717) is 18.3 Å². The maximum Gasteiger partial charge on any atom is 0.231 e. The van der Waals surface area contributed by atoms with E-state index in [9.17, 15) is 0 Å². The molecule has 0 unspecified atom stereocenters. The van der Waals surface area contributed by atoms with Crippen LogP contribution in [-0.2, 0) is 6.54 Å². The zero-order valence-electron chi connectivity index (χ0n) is 12.5. The highest BCUT2D eigenvalue weighted by Crippen LogP contribution is 2.33. The maximum absolute atomic E-state index is 6.28. The van der Waals surface area contributed by atoms with Crippen molar-refractivity contribution in [2.75, 3.05) is 18.0 Å². The minimum Gasteiger partial charge on any atom is -0.370 e.